The van der Waals surface area contributed by atoms with Crippen LogP contribution >= 0.6 is 0 Å². The number of aliphatic hydroxyl groups excluding tert-OH is 1. The lowest BCUT2D eigenvalue weighted by Crippen LogP contribution is -2.38. The fourth-order valence-electron chi connectivity index (χ4n) is 1.62. The van der Waals surface area contributed by atoms with E-state index in [9.17, 15) is 9.90 Å². The van der Waals surface area contributed by atoms with Crippen LogP contribution in [-0.4, -0.2) is 46.2 Å². The van der Waals surface area contributed by atoms with Crippen LogP contribution in [0.15, 0.2) is 16.3 Å². The Hall–Kier alpha value is -0.776. The highest BCUT2D eigenvalue weighted by atomic mass is 28.3. The van der Waals surface area contributed by atoms with Crippen LogP contribution in [0.3, 0.4) is 0 Å². The molecule has 0 aliphatic carbocycles. The second-order valence-corrected chi connectivity index (χ2v) is 16.6. The summed E-state index contributed by atoms with van der Waals surface area (Å²) in [4.78, 5) is 13.0. The topological polar surface area (TPSA) is 40.5 Å². The summed E-state index contributed by atoms with van der Waals surface area (Å²) >= 11 is 0. The third-order valence-corrected chi connectivity index (χ3v) is 6.57. The molecule has 0 saturated heterocycles. The van der Waals surface area contributed by atoms with Gasteiger partial charge in [-0.3, -0.25) is 0 Å². The molecule has 0 rings (SSSR count). The quantitative estimate of drug-likeness (QED) is 0.370. The van der Waals surface area contributed by atoms with Crippen LogP contribution in [0.1, 0.15) is 0 Å². The van der Waals surface area contributed by atoms with Crippen LogP contribution in [-0.2, 0) is 4.79 Å². The Morgan fingerprint density at radius 3 is 1.59 bits per heavy atom. The molecule has 0 amide bonds. The summed E-state index contributed by atoms with van der Waals surface area (Å²) < 4.78 is 0. The zero-order chi connectivity index (χ0) is 14.0. The molecule has 3 nitrogen and oxygen atoms in total. The molecule has 98 valence electrons. The molecule has 0 radical (unpaired) electrons. The zero-order valence-corrected chi connectivity index (χ0v) is 14.3. The summed E-state index contributed by atoms with van der Waals surface area (Å²) in [5.41, 5.74) is 0. The predicted molar refractivity (Wildman–Crippen MR) is 79.2 cm³/mol. The highest BCUT2D eigenvalue weighted by Gasteiger charge is 2.35. The van der Waals surface area contributed by atoms with Gasteiger partial charge in [0.1, 0.15) is 5.94 Å². The van der Waals surface area contributed by atoms with E-state index < -0.39 is 16.1 Å². The maximum atomic E-state index is 11.3. The summed E-state index contributed by atoms with van der Waals surface area (Å²) in [6.07, 6.45) is 0. The van der Waals surface area contributed by atoms with Gasteiger partial charge in [0.25, 0.3) is 0 Å². The number of aliphatic hydroxyl groups is 1. The maximum absolute atomic E-state index is 11.3. The molecule has 0 aliphatic rings. The van der Waals surface area contributed by atoms with Crippen molar-refractivity contribution < 1.29 is 9.90 Å². The van der Waals surface area contributed by atoms with Gasteiger partial charge in [-0.25, -0.2) is 4.79 Å². The molecule has 0 atom stereocenters. The molecule has 0 spiro atoms. The second-order valence-electron chi connectivity index (χ2n) is 6.57. The van der Waals surface area contributed by atoms with Crippen molar-refractivity contribution in [3.05, 3.63) is 16.3 Å². The van der Waals surface area contributed by atoms with E-state index in [0.717, 1.165) is 10.4 Å². The van der Waals surface area contributed by atoms with Gasteiger partial charge >= 0.3 is 0 Å². The largest absolute Gasteiger partial charge is 0.495 e. The fourth-order valence-corrected chi connectivity index (χ4v) is 6.74. The fraction of sp³-hybridized carbons (Fsp3) is 0.667. The Balaban J connectivity index is 6.03. The van der Waals surface area contributed by atoms with Crippen molar-refractivity contribution in [1.82, 2.24) is 4.90 Å². The van der Waals surface area contributed by atoms with Gasteiger partial charge in [-0.1, -0.05) is 39.3 Å². The van der Waals surface area contributed by atoms with Gasteiger partial charge in [-0.15, -0.1) is 0 Å². The number of hydrogen-bond acceptors (Lipinski definition) is 3. The average molecular weight is 272 g/mol. The molecular weight excluding hydrogens is 246 g/mol. The first-order valence-corrected chi connectivity index (χ1v) is 12.8. The normalized spacial score (nSPS) is 13.9. The Bertz CT molecular complexity index is 367. The lowest BCUT2D eigenvalue weighted by Gasteiger charge is -2.30. The average Bonchev–Trinajstić information content (AvgIpc) is 2.08. The Kier molecular flexibility index (Phi) is 5.01. The molecule has 0 bridgehead atoms. The minimum Gasteiger partial charge on any atom is -0.495 e. The van der Waals surface area contributed by atoms with Crippen LogP contribution in [0, 0.1) is 0 Å². The molecular formula is C12H25NO2Si2. The van der Waals surface area contributed by atoms with Gasteiger partial charge in [-0.05, 0) is 0 Å². The number of nitrogens with zero attached hydrogens (tertiary/aromatic N) is 1. The Morgan fingerprint density at radius 1 is 1.00 bits per heavy atom. The van der Waals surface area contributed by atoms with E-state index in [2.05, 4.69) is 45.2 Å². The third kappa shape index (κ3) is 4.18. The van der Waals surface area contributed by atoms with Crippen molar-refractivity contribution >= 4 is 22.1 Å². The molecule has 0 fully saturated rings. The highest BCUT2D eigenvalue weighted by Crippen LogP contribution is 2.30. The van der Waals surface area contributed by atoms with Crippen LogP contribution in [0.2, 0.25) is 39.3 Å². The first-order valence-electron chi connectivity index (χ1n) is 5.80. The lowest BCUT2D eigenvalue weighted by molar-refractivity contribution is 0.261. The summed E-state index contributed by atoms with van der Waals surface area (Å²) in [6.45, 7) is 12.7. The van der Waals surface area contributed by atoms with Gasteiger partial charge in [0.15, 0.2) is 5.88 Å². The highest BCUT2D eigenvalue weighted by molar-refractivity contribution is 6.93. The van der Waals surface area contributed by atoms with Crippen molar-refractivity contribution in [2.24, 2.45) is 0 Å². The second kappa shape index (κ2) is 5.25. The van der Waals surface area contributed by atoms with Crippen molar-refractivity contribution in [2.45, 2.75) is 39.3 Å². The van der Waals surface area contributed by atoms with Crippen LogP contribution < -0.4 is 0 Å². The molecule has 1 N–H and O–H groups in total. The molecule has 0 unspecified atom stereocenters. The Labute approximate surface area is 107 Å². The number of carbonyl (C=O) groups excluding carboxylic acids is 1. The first kappa shape index (κ1) is 16.2. The first-order chi connectivity index (χ1) is 7.42. The molecule has 0 aliphatic heterocycles. The zero-order valence-electron chi connectivity index (χ0n) is 12.3. The van der Waals surface area contributed by atoms with Gasteiger partial charge in [0.05, 0.1) is 16.1 Å². The monoisotopic (exact) mass is 271 g/mol. The molecule has 0 saturated carbocycles. The van der Waals surface area contributed by atoms with E-state index in [-0.39, 0.29) is 5.88 Å². The number of hydrogen-bond donors (Lipinski definition) is 1. The van der Waals surface area contributed by atoms with Crippen molar-refractivity contribution in [1.29, 1.82) is 0 Å². The van der Waals surface area contributed by atoms with Gasteiger partial charge in [0, 0.05) is 24.5 Å². The van der Waals surface area contributed by atoms with E-state index in [1.165, 1.54) is 0 Å². The molecule has 0 aromatic carbocycles. The number of allylic oxidation sites excluding steroid dienone is 2. The van der Waals surface area contributed by atoms with E-state index >= 15 is 0 Å². The molecule has 5 heteroatoms. The smallest absolute Gasteiger partial charge is 0.185 e. The minimum absolute atomic E-state index is 0.227. The SMILES string of the molecule is CN(C)/C(O)=C(/C(=C=O)[Si](C)(C)C)[Si](C)(C)C. The predicted octanol–water partition coefficient (Wildman–Crippen LogP) is 2.83. The van der Waals surface area contributed by atoms with Gasteiger partial charge in [-0.2, -0.15) is 0 Å². The summed E-state index contributed by atoms with van der Waals surface area (Å²) in [6, 6.07) is 0. The Morgan fingerprint density at radius 2 is 1.41 bits per heavy atom. The number of rotatable bonds is 4. The van der Waals surface area contributed by atoms with Crippen LogP contribution in [0.4, 0.5) is 0 Å². The van der Waals surface area contributed by atoms with Crippen molar-refractivity contribution in [3.8, 4) is 0 Å². The molecule has 0 aromatic heterocycles. The van der Waals surface area contributed by atoms with E-state index in [0.29, 0.717) is 0 Å². The summed E-state index contributed by atoms with van der Waals surface area (Å²) in [5, 5.41) is 11.8. The van der Waals surface area contributed by atoms with Gasteiger partial charge in [0.2, 0.25) is 0 Å². The van der Waals surface area contributed by atoms with E-state index in [1.54, 1.807) is 19.0 Å². The standard InChI is InChI=1S/C12H25NO2Si2/c1-13(2)12(15)11(17(6,7)8)10(9-14)16(3,4)5/h15H,1-8H3/b12-11+. The van der Waals surface area contributed by atoms with Crippen LogP contribution in [0.25, 0.3) is 0 Å². The molecule has 0 aromatic rings. The van der Waals surface area contributed by atoms with E-state index in [1.807, 2.05) is 0 Å². The summed E-state index contributed by atoms with van der Waals surface area (Å²) in [5.74, 6) is 2.33. The molecule has 17 heavy (non-hydrogen) atoms. The lowest BCUT2D eigenvalue weighted by atomic mass is 10.5. The summed E-state index contributed by atoms with van der Waals surface area (Å²) in [7, 11) is 0.0194. The van der Waals surface area contributed by atoms with E-state index in [4.69, 9.17) is 0 Å². The minimum atomic E-state index is -1.78. The van der Waals surface area contributed by atoms with Crippen LogP contribution in [0.5, 0.6) is 0 Å². The maximum Gasteiger partial charge on any atom is 0.185 e. The van der Waals surface area contributed by atoms with Crippen molar-refractivity contribution in [2.75, 3.05) is 14.1 Å². The molecule has 0 heterocycles. The van der Waals surface area contributed by atoms with Crippen molar-refractivity contribution in [3.63, 3.8) is 0 Å². The third-order valence-electron chi connectivity index (χ3n) is 2.50. The van der Waals surface area contributed by atoms with Gasteiger partial charge < -0.3 is 10.0 Å².